The van der Waals surface area contributed by atoms with Gasteiger partial charge in [0.25, 0.3) is 0 Å². The van der Waals surface area contributed by atoms with Crippen molar-refractivity contribution < 1.29 is 13.5 Å². The van der Waals surface area contributed by atoms with Gasteiger partial charge < -0.3 is 10.0 Å². The van der Waals surface area contributed by atoms with Crippen molar-refractivity contribution in [2.75, 3.05) is 24.3 Å². The molecular weight excluding hydrogens is 238 g/mol. The molecule has 1 aliphatic heterocycles. The molecule has 1 N–H and O–H groups in total. The van der Waals surface area contributed by atoms with E-state index in [0.29, 0.717) is 11.3 Å². The lowest BCUT2D eigenvalue weighted by Gasteiger charge is -2.36. The first kappa shape index (κ1) is 12.4. The molecule has 4 nitrogen and oxygen atoms in total. The molecule has 0 aromatic heterocycles. The molecule has 5 heteroatoms. The molecule has 1 aromatic carbocycles. The Balaban J connectivity index is 2.58. The van der Waals surface area contributed by atoms with Crippen molar-refractivity contribution in [2.45, 2.75) is 24.3 Å². The summed E-state index contributed by atoms with van der Waals surface area (Å²) in [5, 5.41) is 9.00. The van der Waals surface area contributed by atoms with E-state index in [2.05, 4.69) is 0 Å². The fraction of sp³-hybridized carbons (Fsp3) is 0.500. The number of rotatable bonds is 2. The highest BCUT2D eigenvalue weighted by Gasteiger charge is 2.34. The smallest absolute Gasteiger partial charge is 0.182 e. The number of hydrogen-bond acceptors (Lipinski definition) is 4. The molecule has 0 saturated heterocycles. The van der Waals surface area contributed by atoms with E-state index < -0.39 is 9.84 Å². The number of fused-ring (bicyclic) bond motifs is 1. The van der Waals surface area contributed by atoms with Gasteiger partial charge >= 0.3 is 0 Å². The van der Waals surface area contributed by atoms with E-state index in [1.165, 1.54) is 0 Å². The van der Waals surface area contributed by atoms with E-state index in [-0.39, 0.29) is 18.4 Å². The molecule has 0 spiro atoms. The van der Waals surface area contributed by atoms with Crippen LogP contribution in [0.2, 0.25) is 0 Å². The molecule has 1 aromatic rings. The lowest BCUT2D eigenvalue weighted by Crippen LogP contribution is -2.43. The summed E-state index contributed by atoms with van der Waals surface area (Å²) in [6, 6.07) is 5.19. The van der Waals surface area contributed by atoms with Crippen molar-refractivity contribution in [3.8, 4) is 0 Å². The van der Waals surface area contributed by atoms with E-state index in [1.54, 1.807) is 12.1 Å². The van der Waals surface area contributed by atoms with Gasteiger partial charge in [0.15, 0.2) is 9.84 Å². The van der Waals surface area contributed by atoms with Crippen LogP contribution in [0.15, 0.2) is 23.1 Å². The predicted octanol–water partition coefficient (Wildman–Crippen LogP) is 0.970. The summed E-state index contributed by atoms with van der Waals surface area (Å²) in [7, 11) is -1.33. The van der Waals surface area contributed by atoms with Crippen molar-refractivity contribution >= 4 is 15.5 Å². The first-order chi connectivity index (χ1) is 7.97. The minimum atomic E-state index is -3.22. The Morgan fingerprint density at radius 2 is 2.18 bits per heavy atom. The van der Waals surface area contributed by atoms with E-state index in [4.69, 9.17) is 5.11 Å². The number of benzene rings is 1. The highest BCUT2D eigenvalue weighted by molar-refractivity contribution is 7.91. The van der Waals surface area contributed by atoms with Gasteiger partial charge in [0.1, 0.15) is 0 Å². The fourth-order valence-corrected chi connectivity index (χ4v) is 4.36. The number of nitrogens with zero attached hydrogens (tertiary/aromatic N) is 1. The molecule has 0 bridgehead atoms. The van der Waals surface area contributed by atoms with Crippen LogP contribution in [0.3, 0.4) is 0 Å². The van der Waals surface area contributed by atoms with Crippen molar-refractivity contribution in [1.29, 1.82) is 0 Å². The van der Waals surface area contributed by atoms with Crippen LogP contribution >= 0.6 is 0 Å². The molecule has 0 saturated carbocycles. The largest absolute Gasteiger partial charge is 0.396 e. The van der Waals surface area contributed by atoms with E-state index in [1.807, 2.05) is 24.9 Å². The van der Waals surface area contributed by atoms with Gasteiger partial charge in [0.2, 0.25) is 0 Å². The number of hydrogen-bond donors (Lipinski definition) is 1. The zero-order chi connectivity index (χ0) is 12.6. The standard InChI is InChI=1S/C12H17NO3S/c1-9-4-3-5-11-12(9)13(2)10(6-7-14)8-17(11,15)16/h3-5,10,14H,6-8H2,1-2H3. The van der Waals surface area contributed by atoms with Crippen molar-refractivity contribution in [3.63, 3.8) is 0 Å². The molecule has 94 valence electrons. The Kier molecular flexibility index (Phi) is 3.14. The minimum Gasteiger partial charge on any atom is -0.396 e. The van der Waals surface area contributed by atoms with Crippen LogP contribution in [0.1, 0.15) is 12.0 Å². The minimum absolute atomic E-state index is 0.00570. The fourth-order valence-electron chi connectivity index (χ4n) is 2.40. The van der Waals surface area contributed by atoms with E-state index >= 15 is 0 Å². The summed E-state index contributed by atoms with van der Waals surface area (Å²) < 4.78 is 24.3. The maximum atomic E-state index is 12.1. The number of para-hydroxylation sites is 1. The molecular formula is C12H17NO3S. The first-order valence-corrected chi connectivity index (χ1v) is 7.28. The number of anilines is 1. The van der Waals surface area contributed by atoms with Gasteiger partial charge in [-0.05, 0) is 25.0 Å². The zero-order valence-electron chi connectivity index (χ0n) is 10.0. The average molecular weight is 255 g/mol. The van der Waals surface area contributed by atoms with Crippen LogP contribution < -0.4 is 4.90 Å². The van der Waals surface area contributed by atoms with Crippen LogP contribution in [0.5, 0.6) is 0 Å². The number of aliphatic hydroxyl groups is 1. The number of sulfone groups is 1. The topological polar surface area (TPSA) is 57.6 Å². The van der Waals surface area contributed by atoms with Gasteiger partial charge in [-0.15, -0.1) is 0 Å². The van der Waals surface area contributed by atoms with Crippen LogP contribution in [-0.2, 0) is 9.84 Å². The van der Waals surface area contributed by atoms with Crippen LogP contribution in [0, 0.1) is 6.92 Å². The maximum Gasteiger partial charge on any atom is 0.182 e. The summed E-state index contributed by atoms with van der Waals surface area (Å²) in [6.07, 6.45) is 0.476. The molecule has 1 atom stereocenters. The molecule has 0 radical (unpaired) electrons. The third kappa shape index (κ3) is 2.05. The molecule has 17 heavy (non-hydrogen) atoms. The van der Waals surface area contributed by atoms with Crippen molar-refractivity contribution in [3.05, 3.63) is 23.8 Å². The maximum absolute atomic E-state index is 12.1. The first-order valence-electron chi connectivity index (χ1n) is 5.63. The van der Waals surface area contributed by atoms with Gasteiger partial charge in [-0.3, -0.25) is 0 Å². The lowest BCUT2D eigenvalue weighted by atomic mass is 10.1. The Bertz CT molecular complexity index is 525. The molecule has 2 rings (SSSR count). The van der Waals surface area contributed by atoms with Gasteiger partial charge in [0, 0.05) is 19.7 Å². The second-order valence-corrected chi connectivity index (χ2v) is 6.48. The predicted molar refractivity (Wildman–Crippen MR) is 67.1 cm³/mol. The molecule has 1 heterocycles. The summed E-state index contributed by atoms with van der Waals surface area (Å²) in [5.41, 5.74) is 1.73. The summed E-state index contributed by atoms with van der Waals surface area (Å²) in [4.78, 5) is 2.39. The van der Waals surface area contributed by atoms with E-state index in [9.17, 15) is 8.42 Å². The van der Waals surface area contributed by atoms with Gasteiger partial charge in [0.05, 0.1) is 16.3 Å². The normalized spacial score (nSPS) is 22.3. The van der Waals surface area contributed by atoms with Gasteiger partial charge in [-0.25, -0.2) is 8.42 Å². The third-order valence-electron chi connectivity index (χ3n) is 3.31. The molecule has 0 amide bonds. The highest BCUT2D eigenvalue weighted by atomic mass is 32.2. The monoisotopic (exact) mass is 255 g/mol. The second kappa shape index (κ2) is 4.31. The Morgan fingerprint density at radius 1 is 1.47 bits per heavy atom. The van der Waals surface area contributed by atoms with Crippen molar-refractivity contribution in [2.24, 2.45) is 0 Å². The number of aliphatic hydroxyl groups excluding tert-OH is 1. The molecule has 0 aliphatic carbocycles. The van der Waals surface area contributed by atoms with Crippen molar-refractivity contribution in [1.82, 2.24) is 0 Å². The van der Waals surface area contributed by atoms with Crippen LogP contribution in [-0.4, -0.2) is 39.0 Å². The zero-order valence-corrected chi connectivity index (χ0v) is 10.9. The quantitative estimate of drug-likeness (QED) is 0.855. The second-order valence-electron chi connectivity index (χ2n) is 4.48. The summed E-state index contributed by atoms with van der Waals surface area (Å²) >= 11 is 0. The number of aryl methyl sites for hydroxylation is 1. The Hall–Kier alpha value is -1.07. The van der Waals surface area contributed by atoms with Gasteiger partial charge in [-0.1, -0.05) is 12.1 Å². The highest BCUT2D eigenvalue weighted by Crippen LogP contribution is 2.35. The Morgan fingerprint density at radius 3 is 2.82 bits per heavy atom. The SMILES string of the molecule is Cc1cccc2c1N(C)C(CCO)CS2(=O)=O. The van der Waals surface area contributed by atoms with E-state index in [0.717, 1.165) is 11.3 Å². The lowest BCUT2D eigenvalue weighted by molar-refractivity contribution is 0.277. The molecule has 1 unspecified atom stereocenters. The van der Waals surface area contributed by atoms with Gasteiger partial charge in [-0.2, -0.15) is 0 Å². The van der Waals surface area contributed by atoms with Crippen LogP contribution in [0.4, 0.5) is 5.69 Å². The summed E-state index contributed by atoms with van der Waals surface area (Å²) in [5.74, 6) is 0.0838. The molecule has 1 aliphatic rings. The Labute approximate surface area is 102 Å². The average Bonchev–Trinajstić information content (AvgIpc) is 2.25. The van der Waals surface area contributed by atoms with Crippen LogP contribution in [0.25, 0.3) is 0 Å². The third-order valence-corrected chi connectivity index (χ3v) is 5.13. The molecule has 0 fully saturated rings. The summed E-state index contributed by atoms with van der Waals surface area (Å²) in [6.45, 7) is 1.91.